The summed E-state index contributed by atoms with van der Waals surface area (Å²) < 4.78 is 0. The number of piperazine rings is 1. The number of carbonyl (C=O) groups excluding carboxylic acids is 2. The van der Waals surface area contributed by atoms with Gasteiger partial charge in [-0.05, 0) is 50.4 Å². The van der Waals surface area contributed by atoms with E-state index in [0.717, 1.165) is 45.2 Å². The molecule has 2 atom stereocenters. The van der Waals surface area contributed by atoms with Crippen molar-refractivity contribution in [1.29, 1.82) is 0 Å². The molecule has 0 spiro atoms. The maximum Gasteiger partial charge on any atom is 0.246 e. The molecule has 3 fully saturated rings. The monoisotopic (exact) mass is 278 g/mol. The average Bonchev–Trinajstić information content (AvgIpc) is 3.25. The molecule has 0 N–H and O–H groups in total. The average molecular weight is 278 g/mol. The molecule has 0 radical (unpaired) electrons. The zero-order chi connectivity index (χ0) is 14.3. The largest absolute Gasteiger partial charge is 0.329 e. The van der Waals surface area contributed by atoms with Crippen LogP contribution in [0, 0.1) is 5.41 Å². The first-order valence-electron chi connectivity index (χ1n) is 8.23. The standard InChI is InChI=1S/C16H26N2O2/c1-3-12-14(19)17-10-6-5-7-13(17)15(20)18(12)11-16(4-2)8-9-16/h12-13H,3-11H2,1-2H3. The molecule has 3 aliphatic rings. The van der Waals surface area contributed by atoms with Gasteiger partial charge in [-0.15, -0.1) is 0 Å². The van der Waals surface area contributed by atoms with Crippen LogP contribution in [0.1, 0.15) is 58.8 Å². The first-order valence-corrected chi connectivity index (χ1v) is 8.23. The molecule has 20 heavy (non-hydrogen) atoms. The Bertz CT molecular complexity index is 417. The lowest BCUT2D eigenvalue weighted by atomic mass is 9.92. The van der Waals surface area contributed by atoms with Gasteiger partial charge in [0.15, 0.2) is 0 Å². The number of piperidine rings is 1. The fourth-order valence-corrected chi connectivity index (χ4v) is 3.87. The molecule has 2 saturated heterocycles. The lowest BCUT2D eigenvalue weighted by molar-refractivity contribution is -0.164. The molecule has 112 valence electrons. The third-order valence-corrected chi connectivity index (χ3v) is 5.61. The molecule has 4 nitrogen and oxygen atoms in total. The molecular formula is C16H26N2O2. The van der Waals surface area contributed by atoms with E-state index in [1.165, 1.54) is 12.8 Å². The summed E-state index contributed by atoms with van der Waals surface area (Å²) in [6.07, 6.45) is 7.27. The molecular weight excluding hydrogens is 252 g/mol. The highest BCUT2D eigenvalue weighted by Crippen LogP contribution is 2.50. The summed E-state index contributed by atoms with van der Waals surface area (Å²) in [6, 6.07) is -0.368. The molecule has 0 aromatic heterocycles. The summed E-state index contributed by atoms with van der Waals surface area (Å²) in [6.45, 7) is 5.81. The first kappa shape index (κ1) is 13.9. The van der Waals surface area contributed by atoms with E-state index in [-0.39, 0.29) is 23.9 Å². The van der Waals surface area contributed by atoms with Crippen LogP contribution in [-0.4, -0.2) is 46.8 Å². The van der Waals surface area contributed by atoms with Gasteiger partial charge in [0.05, 0.1) is 0 Å². The first-order chi connectivity index (χ1) is 9.62. The van der Waals surface area contributed by atoms with E-state index >= 15 is 0 Å². The van der Waals surface area contributed by atoms with Crippen LogP contribution in [0.15, 0.2) is 0 Å². The van der Waals surface area contributed by atoms with Gasteiger partial charge in [-0.2, -0.15) is 0 Å². The van der Waals surface area contributed by atoms with E-state index < -0.39 is 0 Å². The smallest absolute Gasteiger partial charge is 0.246 e. The molecule has 1 saturated carbocycles. The SMILES string of the molecule is CCC1C(=O)N2CCCCC2C(=O)N1CC1(CC)CC1. The topological polar surface area (TPSA) is 40.6 Å². The Kier molecular flexibility index (Phi) is 3.51. The van der Waals surface area contributed by atoms with Crippen LogP contribution in [0.2, 0.25) is 0 Å². The summed E-state index contributed by atoms with van der Waals surface area (Å²) in [4.78, 5) is 29.3. The minimum absolute atomic E-state index is 0.160. The van der Waals surface area contributed by atoms with Gasteiger partial charge >= 0.3 is 0 Å². The van der Waals surface area contributed by atoms with Crippen molar-refractivity contribution >= 4 is 11.8 Å². The van der Waals surface area contributed by atoms with Crippen molar-refractivity contribution in [3.05, 3.63) is 0 Å². The second-order valence-corrected chi connectivity index (χ2v) is 6.79. The minimum Gasteiger partial charge on any atom is -0.329 e. The van der Waals surface area contributed by atoms with Crippen LogP contribution in [-0.2, 0) is 9.59 Å². The Balaban J connectivity index is 1.83. The van der Waals surface area contributed by atoms with Gasteiger partial charge in [-0.3, -0.25) is 9.59 Å². The molecule has 4 heteroatoms. The lowest BCUT2D eigenvalue weighted by Gasteiger charge is -2.47. The van der Waals surface area contributed by atoms with Crippen molar-refractivity contribution in [1.82, 2.24) is 9.80 Å². The van der Waals surface area contributed by atoms with E-state index in [4.69, 9.17) is 0 Å². The number of rotatable bonds is 4. The Labute approximate surface area is 121 Å². The van der Waals surface area contributed by atoms with Crippen LogP contribution in [0.5, 0.6) is 0 Å². The zero-order valence-corrected chi connectivity index (χ0v) is 12.7. The summed E-state index contributed by atoms with van der Waals surface area (Å²) in [5, 5.41) is 0. The second-order valence-electron chi connectivity index (χ2n) is 6.79. The predicted molar refractivity (Wildman–Crippen MR) is 77.1 cm³/mol. The number of hydrogen-bond acceptors (Lipinski definition) is 2. The molecule has 2 heterocycles. The number of carbonyl (C=O) groups is 2. The van der Waals surface area contributed by atoms with E-state index in [2.05, 4.69) is 6.92 Å². The van der Waals surface area contributed by atoms with Crippen LogP contribution < -0.4 is 0 Å². The van der Waals surface area contributed by atoms with Gasteiger partial charge in [0.1, 0.15) is 12.1 Å². The van der Waals surface area contributed by atoms with Gasteiger partial charge < -0.3 is 9.80 Å². The molecule has 2 amide bonds. The van der Waals surface area contributed by atoms with Gasteiger partial charge in [-0.25, -0.2) is 0 Å². The molecule has 1 aliphatic carbocycles. The van der Waals surface area contributed by atoms with Crippen molar-refractivity contribution in [2.24, 2.45) is 5.41 Å². The van der Waals surface area contributed by atoms with E-state index in [1.54, 1.807) is 0 Å². The van der Waals surface area contributed by atoms with Crippen LogP contribution in [0.4, 0.5) is 0 Å². The minimum atomic E-state index is -0.208. The maximum atomic E-state index is 12.8. The lowest BCUT2D eigenvalue weighted by Crippen LogP contribution is -2.66. The van der Waals surface area contributed by atoms with Gasteiger partial charge in [0.25, 0.3) is 0 Å². The van der Waals surface area contributed by atoms with E-state index in [1.807, 2.05) is 16.7 Å². The highest BCUT2D eigenvalue weighted by molar-refractivity contribution is 5.97. The van der Waals surface area contributed by atoms with Crippen molar-refractivity contribution < 1.29 is 9.59 Å². The Morgan fingerprint density at radius 1 is 1.15 bits per heavy atom. The van der Waals surface area contributed by atoms with Gasteiger partial charge in [0, 0.05) is 13.1 Å². The molecule has 0 aromatic carbocycles. The molecule has 3 rings (SSSR count). The van der Waals surface area contributed by atoms with Crippen molar-refractivity contribution in [3.8, 4) is 0 Å². The number of hydrogen-bond donors (Lipinski definition) is 0. The van der Waals surface area contributed by atoms with E-state index in [9.17, 15) is 9.59 Å². The third-order valence-electron chi connectivity index (χ3n) is 5.61. The molecule has 0 bridgehead atoms. The van der Waals surface area contributed by atoms with Crippen LogP contribution in [0.3, 0.4) is 0 Å². The fourth-order valence-electron chi connectivity index (χ4n) is 3.87. The Morgan fingerprint density at radius 2 is 1.90 bits per heavy atom. The summed E-state index contributed by atoms with van der Waals surface area (Å²) in [5.41, 5.74) is 0.320. The Morgan fingerprint density at radius 3 is 2.50 bits per heavy atom. The normalized spacial score (nSPS) is 32.3. The summed E-state index contributed by atoms with van der Waals surface area (Å²) in [5.74, 6) is 0.416. The van der Waals surface area contributed by atoms with Crippen molar-refractivity contribution in [3.63, 3.8) is 0 Å². The number of fused-ring (bicyclic) bond motifs is 1. The molecule has 2 aliphatic heterocycles. The summed E-state index contributed by atoms with van der Waals surface area (Å²) in [7, 11) is 0. The van der Waals surface area contributed by atoms with Crippen LogP contribution in [0.25, 0.3) is 0 Å². The summed E-state index contributed by atoms with van der Waals surface area (Å²) >= 11 is 0. The molecule has 2 unspecified atom stereocenters. The fraction of sp³-hybridized carbons (Fsp3) is 0.875. The number of amides is 2. The maximum absolute atomic E-state index is 12.8. The third kappa shape index (κ3) is 2.13. The quantitative estimate of drug-likeness (QED) is 0.791. The van der Waals surface area contributed by atoms with Crippen molar-refractivity contribution in [2.75, 3.05) is 13.1 Å². The van der Waals surface area contributed by atoms with Gasteiger partial charge in [-0.1, -0.05) is 13.8 Å². The van der Waals surface area contributed by atoms with E-state index in [0.29, 0.717) is 5.41 Å². The highest BCUT2D eigenvalue weighted by atomic mass is 16.2. The van der Waals surface area contributed by atoms with Crippen LogP contribution >= 0.6 is 0 Å². The zero-order valence-electron chi connectivity index (χ0n) is 12.7. The Hall–Kier alpha value is -1.06. The predicted octanol–water partition coefficient (Wildman–Crippen LogP) is 2.18. The second kappa shape index (κ2) is 5.05. The van der Waals surface area contributed by atoms with Crippen molar-refractivity contribution in [2.45, 2.75) is 70.9 Å². The molecule has 0 aromatic rings. The number of nitrogens with zero attached hydrogens (tertiary/aromatic N) is 2. The van der Waals surface area contributed by atoms with Gasteiger partial charge in [0.2, 0.25) is 11.8 Å². The highest BCUT2D eigenvalue weighted by Gasteiger charge is 2.50.